The molecule has 186 valence electrons. The zero-order chi connectivity index (χ0) is 24.8. The van der Waals surface area contributed by atoms with Crippen LogP contribution in [0.1, 0.15) is 0 Å². The molecular weight excluding hydrogens is 440 g/mol. The second-order valence-corrected chi connectivity index (χ2v) is 7.71. The fourth-order valence-electron chi connectivity index (χ4n) is 3.57. The third kappa shape index (κ3) is 12.8. The van der Waals surface area contributed by atoms with Crippen LogP contribution in [0.2, 0.25) is 0 Å². The first-order valence-corrected chi connectivity index (χ1v) is 10.4. The Balaban J connectivity index is 3.19. The highest BCUT2D eigenvalue weighted by molar-refractivity contribution is 5.70. The number of rotatable bonds is 11. The molecule has 1 atom stereocenters. The molecule has 1 heterocycles. The second-order valence-electron chi connectivity index (χ2n) is 7.71. The minimum Gasteiger partial charge on any atom is -0.480 e. The Kier molecular flexibility index (Phi) is 13.0. The minimum atomic E-state index is -1.09. The van der Waals surface area contributed by atoms with Crippen LogP contribution in [0.15, 0.2) is 0 Å². The molecule has 0 aromatic carbocycles. The lowest BCUT2D eigenvalue weighted by molar-refractivity contribution is -0.142. The predicted molar refractivity (Wildman–Crippen MR) is 115 cm³/mol. The molecule has 0 amide bonds. The maximum atomic E-state index is 11.5. The minimum absolute atomic E-state index is 0.00608. The van der Waals surface area contributed by atoms with Gasteiger partial charge in [-0.15, -0.1) is 6.42 Å². The number of ether oxygens (including phenoxy) is 1. The summed E-state index contributed by atoms with van der Waals surface area (Å²) >= 11 is 0. The summed E-state index contributed by atoms with van der Waals surface area (Å²) in [5.74, 6) is -1.95. The number of carbonyl (C=O) groups is 4. The average molecular weight is 472 g/mol. The molecule has 1 fully saturated rings. The van der Waals surface area contributed by atoms with Crippen molar-refractivity contribution in [2.45, 2.75) is 6.04 Å². The number of carboxylic acid groups (broad SMARTS) is 4. The Morgan fingerprint density at radius 2 is 1.15 bits per heavy atom. The molecule has 0 radical (unpaired) electrons. The first kappa shape index (κ1) is 28.3. The summed E-state index contributed by atoms with van der Waals surface area (Å²) in [4.78, 5) is 51.9. The van der Waals surface area contributed by atoms with E-state index in [9.17, 15) is 39.6 Å². The van der Waals surface area contributed by atoms with Gasteiger partial charge in [0.2, 0.25) is 0 Å². The molecule has 0 aromatic rings. The van der Waals surface area contributed by atoms with E-state index in [1.807, 2.05) is 0 Å². The number of hydrogen-bond acceptors (Lipinski definition) is 9. The van der Waals surface area contributed by atoms with Gasteiger partial charge in [0.15, 0.2) is 0 Å². The fourth-order valence-corrected chi connectivity index (χ4v) is 3.57. The van der Waals surface area contributed by atoms with Crippen LogP contribution in [0.25, 0.3) is 0 Å². The van der Waals surface area contributed by atoms with E-state index in [1.54, 1.807) is 19.6 Å². The van der Waals surface area contributed by atoms with Gasteiger partial charge in [0.05, 0.1) is 32.8 Å². The van der Waals surface area contributed by atoms with Crippen molar-refractivity contribution in [1.29, 1.82) is 0 Å². The van der Waals surface area contributed by atoms with Gasteiger partial charge in [-0.05, 0) is 0 Å². The molecule has 1 aliphatic heterocycles. The maximum Gasteiger partial charge on any atom is 0.317 e. The Bertz CT molecular complexity index is 712. The number of terminal acetylenes is 1. The van der Waals surface area contributed by atoms with Crippen molar-refractivity contribution in [2.75, 3.05) is 85.2 Å². The van der Waals surface area contributed by atoms with E-state index >= 15 is 0 Å². The predicted octanol–water partition coefficient (Wildman–Crippen LogP) is -2.44. The molecule has 0 aromatic heterocycles. The lowest BCUT2D eigenvalue weighted by Crippen LogP contribution is -2.54. The van der Waals surface area contributed by atoms with Crippen LogP contribution < -0.4 is 0 Å². The topological polar surface area (TPSA) is 171 Å². The van der Waals surface area contributed by atoms with Crippen molar-refractivity contribution in [3.8, 4) is 12.3 Å². The van der Waals surface area contributed by atoms with Crippen molar-refractivity contribution < 1.29 is 44.3 Å². The molecule has 0 aliphatic carbocycles. The normalized spacial score (nSPS) is 20.3. The Hall–Kier alpha value is -2.76. The van der Waals surface area contributed by atoms with Crippen molar-refractivity contribution in [2.24, 2.45) is 0 Å². The molecule has 1 rings (SSSR count). The third-order valence-electron chi connectivity index (χ3n) is 5.06. The number of hydrogen-bond donors (Lipinski definition) is 4. The third-order valence-corrected chi connectivity index (χ3v) is 5.06. The van der Waals surface area contributed by atoms with Gasteiger partial charge in [-0.1, -0.05) is 5.92 Å². The van der Waals surface area contributed by atoms with Crippen LogP contribution in [-0.2, 0) is 23.9 Å². The van der Waals surface area contributed by atoms with E-state index in [4.69, 9.17) is 11.2 Å². The number of nitrogens with zero attached hydrogens (tertiary/aromatic N) is 4. The number of carboxylic acids is 4. The molecule has 13 heteroatoms. The van der Waals surface area contributed by atoms with Gasteiger partial charge in [0.25, 0.3) is 0 Å². The van der Waals surface area contributed by atoms with Gasteiger partial charge in [0, 0.05) is 51.9 Å². The van der Waals surface area contributed by atoms with E-state index in [2.05, 4.69) is 5.92 Å². The van der Waals surface area contributed by atoms with Gasteiger partial charge in [-0.2, -0.15) is 0 Å². The highest BCUT2D eigenvalue weighted by Crippen LogP contribution is 2.08. The van der Waals surface area contributed by atoms with E-state index in [-0.39, 0.29) is 85.2 Å². The first-order valence-electron chi connectivity index (χ1n) is 10.4. The highest BCUT2D eigenvalue weighted by Gasteiger charge is 2.27. The van der Waals surface area contributed by atoms with Crippen LogP contribution in [0.3, 0.4) is 0 Å². The molecule has 0 saturated carbocycles. The lowest BCUT2D eigenvalue weighted by atomic mass is 10.2. The van der Waals surface area contributed by atoms with Gasteiger partial charge >= 0.3 is 23.9 Å². The van der Waals surface area contributed by atoms with Gasteiger partial charge < -0.3 is 25.2 Å². The van der Waals surface area contributed by atoms with Crippen LogP contribution >= 0.6 is 0 Å². The lowest BCUT2D eigenvalue weighted by Gasteiger charge is -2.37. The quantitative estimate of drug-likeness (QED) is 0.185. The molecule has 1 saturated heterocycles. The number of aliphatic carboxylic acids is 4. The Morgan fingerprint density at radius 3 is 1.61 bits per heavy atom. The highest BCUT2D eigenvalue weighted by atomic mass is 16.5. The summed E-state index contributed by atoms with van der Waals surface area (Å²) in [6.45, 7) is 0.300. The Labute approximate surface area is 192 Å². The summed E-state index contributed by atoms with van der Waals surface area (Å²) in [6.07, 6.45) is 5.23. The van der Waals surface area contributed by atoms with E-state index < -0.39 is 29.9 Å². The molecule has 1 unspecified atom stereocenters. The van der Waals surface area contributed by atoms with Crippen LogP contribution in [0.5, 0.6) is 0 Å². The van der Waals surface area contributed by atoms with Gasteiger partial charge in [0.1, 0.15) is 6.61 Å². The van der Waals surface area contributed by atoms with E-state index in [1.165, 1.54) is 0 Å². The van der Waals surface area contributed by atoms with E-state index in [0.29, 0.717) is 0 Å². The molecule has 4 N–H and O–H groups in total. The molecular formula is C20H32N4O9. The van der Waals surface area contributed by atoms with Crippen molar-refractivity contribution in [3.05, 3.63) is 0 Å². The molecule has 0 bridgehead atoms. The molecule has 0 spiro atoms. The first-order chi connectivity index (χ1) is 15.6. The summed E-state index contributed by atoms with van der Waals surface area (Å²) < 4.78 is 5.44. The van der Waals surface area contributed by atoms with Gasteiger partial charge in [-0.3, -0.25) is 38.8 Å². The average Bonchev–Trinajstić information content (AvgIpc) is 2.69. The Morgan fingerprint density at radius 1 is 0.727 bits per heavy atom. The summed E-state index contributed by atoms with van der Waals surface area (Å²) in [6, 6.07) is -0.534. The second kappa shape index (κ2) is 15.1. The SMILES string of the molecule is C#CCOCC1CN(CC(=O)O)CCN(CC(=O)O)CCN(CC(=O)O)CCN1CC(=O)O. The molecule has 1 aliphatic rings. The van der Waals surface area contributed by atoms with Crippen molar-refractivity contribution in [1.82, 2.24) is 19.6 Å². The zero-order valence-electron chi connectivity index (χ0n) is 18.5. The van der Waals surface area contributed by atoms with Crippen molar-refractivity contribution >= 4 is 23.9 Å². The monoisotopic (exact) mass is 472 g/mol. The van der Waals surface area contributed by atoms with Crippen LogP contribution in [-0.4, -0.2) is 155 Å². The van der Waals surface area contributed by atoms with Crippen LogP contribution in [0.4, 0.5) is 0 Å². The van der Waals surface area contributed by atoms with Gasteiger partial charge in [-0.25, -0.2) is 0 Å². The van der Waals surface area contributed by atoms with Crippen LogP contribution in [0, 0.1) is 12.3 Å². The molecule has 13 nitrogen and oxygen atoms in total. The summed E-state index contributed by atoms with van der Waals surface area (Å²) in [7, 11) is 0. The zero-order valence-corrected chi connectivity index (χ0v) is 18.5. The summed E-state index contributed by atoms with van der Waals surface area (Å²) in [5, 5.41) is 37.2. The smallest absolute Gasteiger partial charge is 0.317 e. The largest absolute Gasteiger partial charge is 0.480 e. The standard InChI is InChI=1S/C20H32N4O9/c1-2-9-33-15-16-10-23(13-19(29)30)6-5-21(11-17(25)26)3-4-22(12-18(27)28)7-8-24(16)14-20(31)32/h1,16H,3-15H2,(H,25,26)(H,27,28)(H,29,30)(H,31,32). The van der Waals surface area contributed by atoms with E-state index in [0.717, 1.165) is 0 Å². The molecule has 33 heavy (non-hydrogen) atoms. The fraction of sp³-hybridized carbons (Fsp3) is 0.700. The van der Waals surface area contributed by atoms with Crippen molar-refractivity contribution in [3.63, 3.8) is 0 Å². The summed E-state index contributed by atoms with van der Waals surface area (Å²) in [5.41, 5.74) is 0. The maximum absolute atomic E-state index is 11.5.